The molecule has 220 valence electrons. The number of quaternary nitrogens is 1. The van der Waals surface area contributed by atoms with E-state index in [-0.39, 0.29) is 23.0 Å². The summed E-state index contributed by atoms with van der Waals surface area (Å²) in [4.78, 5) is 4.78. The highest BCUT2D eigenvalue weighted by Gasteiger charge is 2.54. The number of halogens is 6. The number of aromatic nitrogens is 1. The van der Waals surface area contributed by atoms with Crippen molar-refractivity contribution in [2.45, 2.75) is 37.7 Å². The van der Waals surface area contributed by atoms with Gasteiger partial charge in [-0.15, -0.1) is 6.58 Å². The number of hydrogen-bond acceptors (Lipinski definition) is 2. The van der Waals surface area contributed by atoms with Gasteiger partial charge in [0, 0.05) is 44.2 Å². The molecule has 3 fully saturated rings. The zero-order valence-corrected chi connectivity index (χ0v) is 27.4. The summed E-state index contributed by atoms with van der Waals surface area (Å²) in [5, 5.41) is 13.1. The number of hydrogen-bond donors (Lipinski definition) is 1. The molecule has 7 rings (SSSR count). The lowest BCUT2D eigenvalue weighted by Gasteiger charge is -2.58. The first kappa shape index (κ1) is 31.4. The lowest BCUT2D eigenvalue weighted by Crippen LogP contribution is -3.00. The molecule has 3 aliphatic rings. The number of rotatable bonds is 6. The summed E-state index contributed by atoms with van der Waals surface area (Å²) < 4.78 is 42.4. The van der Waals surface area contributed by atoms with E-state index in [4.69, 9.17) is 4.98 Å². The monoisotopic (exact) mass is 764 g/mol. The SMILES string of the molecule is C=C[C@H]1C[N+]2(Cc3cc(Br)cc(Br)c3)CC[C@H]1C[C@@H]2[C@@H](O)c1cc(-c2ccc(C(F)(F)F)cc2)nc2ccccc12.[Br-]. The highest BCUT2D eigenvalue weighted by molar-refractivity contribution is 9.11. The van der Waals surface area contributed by atoms with Crippen LogP contribution in [-0.2, 0) is 12.7 Å². The first-order valence-electron chi connectivity index (χ1n) is 13.7. The van der Waals surface area contributed by atoms with Crippen molar-refractivity contribution in [3.8, 4) is 11.3 Å². The fraction of sp³-hybridized carbons (Fsp3) is 0.303. The molecule has 3 nitrogen and oxygen atoms in total. The molecule has 9 heteroatoms. The first-order valence-corrected chi connectivity index (χ1v) is 15.3. The number of piperidine rings is 3. The maximum Gasteiger partial charge on any atom is 0.416 e. The lowest BCUT2D eigenvalue weighted by molar-refractivity contribution is -0.984. The van der Waals surface area contributed by atoms with Gasteiger partial charge >= 0.3 is 6.18 Å². The van der Waals surface area contributed by atoms with E-state index in [1.54, 1.807) is 0 Å². The molecule has 1 aromatic heterocycles. The van der Waals surface area contributed by atoms with E-state index in [9.17, 15) is 18.3 Å². The van der Waals surface area contributed by atoms with Crippen molar-refractivity contribution in [2.75, 3.05) is 13.1 Å². The van der Waals surface area contributed by atoms with Crippen LogP contribution in [0.3, 0.4) is 0 Å². The molecule has 4 heterocycles. The van der Waals surface area contributed by atoms with E-state index in [0.29, 0.717) is 28.6 Å². The van der Waals surface area contributed by atoms with E-state index in [0.717, 1.165) is 69.0 Å². The second kappa shape index (κ2) is 12.2. The second-order valence-electron chi connectivity index (χ2n) is 11.4. The van der Waals surface area contributed by atoms with Gasteiger partial charge in [0.05, 0.1) is 29.9 Å². The minimum atomic E-state index is -4.41. The predicted octanol–water partition coefficient (Wildman–Crippen LogP) is 6.09. The van der Waals surface area contributed by atoms with Crippen LogP contribution in [0.5, 0.6) is 0 Å². The quantitative estimate of drug-likeness (QED) is 0.191. The summed E-state index contributed by atoms with van der Waals surface area (Å²) in [7, 11) is 0. The van der Waals surface area contributed by atoms with Gasteiger partial charge in [0.2, 0.25) is 0 Å². The highest BCUT2D eigenvalue weighted by atomic mass is 79.9. The highest BCUT2D eigenvalue weighted by Crippen LogP contribution is 2.48. The number of fused-ring (bicyclic) bond motifs is 4. The van der Waals surface area contributed by atoms with Gasteiger partial charge in [-0.1, -0.05) is 68.3 Å². The third-order valence-electron chi connectivity index (χ3n) is 9.03. The van der Waals surface area contributed by atoms with E-state index < -0.39 is 17.8 Å². The Balaban J connectivity index is 0.00000353. The molecule has 4 aromatic rings. The Morgan fingerprint density at radius 3 is 2.38 bits per heavy atom. The van der Waals surface area contributed by atoms with Crippen molar-refractivity contribution in [3.05, 3.63) is 111 Å². The van der Waals surface area contributed by atoms with Crippen molar-refractivity contribution in [1.82, 2.24) is 4.98 Å². The van der Waals surface area contributed by atoms with Gasteiger partial charge < -0.3 is 26.6 Å². The fourth-order valence-corrected chi connectivity index (χ4v) is 8.47. The molecular formula is C33H30Br3F3N2O. The van der Waals surface area contributed by atoms with Crippen LogP contribution in [0, 0.1) is 11.8 Å². The van der Waals surface area contributed by atoms with E-state index in [1.165, 1.54) is 17.7 Å². The largest absolute Gasteiger partial charge is 1.00 e. The molecule has 0 spiro atoms. The molecule has 0 aliphatic carbocycles. The summed E-state index contributed by atoms with van der Waals surface area (Å²) >= 11 is 7.27. The molecular weight excluding hydrogens is 737 g/mol. The number of para-hydroxylation sites is 1. The summed E-state index contributed by atoms with van der Waals surface area (Å²) in [5.74, 6) is 0.851. The Labute approximate surface area is 271 Å². The van der Waals surface area contributed by atoms with Crippen LogP contribution >= 0.6 is 31.9 Å². The zero-order chi connectivity index (χ0) is 28.9. The summed E-state index contributed by atoms with van der Waals surface area (Å²) in [6.45, 7) is 6.80. The fourth-order valence-electron chi connectivity index (χ4n) is 7.08. The van der Waals surface area contributed by atoms with Gasteiger partial charge in [-0.05, 0) is 53.9 Å². The summed E-state index contributed by atoms with van der Waals surface area (Å²) in [5.41, 5.74) is 3.10. The van der Waals surface area contributed by atoms with Gasteiger partial charge in [-0.3, -0.25) is 0 Å². The predicted molar refractivity (Wildman–Crippen MR) is 163 cm³/mol. The summed E-state index contributed by atoms with van der Waals surface area (Å²) in [6, 6.07) is 20.9. The molecule has 3 aliphatic heterocycles. The molecule has 0 radical (unpaired) electrons. The van der Waals surface area contributed by atoms with Crippen molar-refractivity contribution < 1.29 is 39.7 Å². The lowest BCUT2D eigenvalue weighted by atomic mass is 9.71. The van der Waals surface area contributed by atoms with E-state index >= 15 is 0 Å². The van der Waals surface area contributed by atoms with Gasteiger partial charge in [-0.25, -0.2) is 4.98 Å². The van der Waals surface area contributed by atoms with Gasteiger partial charge in [0.1, 0.15) is 18.7 Å². The molecule has 3 aromatic carbocycles. The van der Waals surface area contributed by atoms with Crippen LogP contribution < -0.4 is 17.0 Å². The minimum Gasteiger partial charge on any atom is -1.00 e. The van der Waals surface area contributed by atoms with Crippen LogP contribution in [0.25, 0.3) is 22.2 Å². The zero-order valence-electron chi connectivity index (χ0n) is 22.7. The number of pyridine rings is 1. The average molecular weight is 767 g/mol. The standard InChI is InChI=1S/C33H30Br2F3N2O.BrH/c1-2-21-19-40(18-20-13-25(34)16-26(35)14-20)12-11-23(21)15-31(40)32(41)28-17-30(39-29-6-4-3-5-27(28)29)22-7-9-24(10-8-22)33(36,37)38;/h2-10,13-14,16-17,21,23,31-32,41H,1,11-12,15,18-19H2;1H/q+1;/p-1/t21-,23-,31+,32-,40?;/m0./s1. The molecule has 1 N–H and O–H groups in total. The van der Waals surface area contributed by atoms with E-state index in [2.05, 4.69) is 56.6 Å². The number of aliphatic hydroxyl groups is 1. The molecule has 2 bridgehead atoms. The van der Waals surface area contributed by atoms with Crippen molar-refractivity contribution in [2.24, 2.45) is 11.8 Å². The van der Waals surface area contributed by atoms with Crippen LogP contribution in [0.1, 0.15) is 35.6 Å². The number of nitrogens with zero attached hydrogens (tertiary/aromatic N) is 2. The topological polar surface area (TPSA) is 33.1 Å². The molecule has 42 heavy (non-hydrogen) atoms. The van der Waals surface area contributed by atoms with Crippen molar-refractivity contribution in [3.63, 3.8) is 0 Å². The van der Waals surface area contributed by atoms with Gasteiger partial charge in [0.15, 0.2) is 0 Å². The number of aliphatic hydroxyl groups excluding tert-OH is 1. The van der Waals surface area contributed by atoms with Crippen LogP contribution in [0.2, 0.25) is 0 Å². The van der Waals surface area contributed by atoms with Crippen LogP contribution in [-0.4, -0.2) is 33.7 Å². The van der Waals surface area contributed by atoms with Crippen molar-refractivity contribution >= 4 is 42.8 Å². The smallest absolute Gasteiger partial charge is 0.416 e. The molecule has 0 amide bonds. The minimum absolute atomic E-state index is 0. The Bertz CT molecular complexity index is 1590. The average Bonchev–Trinajstić information content (AvgIpc) is 2.95. The third-order valence-corrected chi connectivity index (χ3v) is 9.95. The Hall–Kier alpha value is -2.04. The maximum absolute atomic E-state index is 13.2. The molecule has 0 saturated carbocycles. The molecule has 5 atom stereocenters. The first-order chi connectivity index (χ1) is 19.6. The Morgan fingerprint density at radius 1 is 1.02 bits per heavy atom. The molecule has 1 unspecified atom stereocenters. The Morgan fingerprint density at radius 2 is 1.71 bits per heavy atom. The van der Waals surface area contributed by atoms with Gasteiger partial charge in [-0.2, -0.15) is 13.2 Å². The summed E-state index contributed by atoms with van der Waals surface area (Å²) in [6.07, 6.45) is -1.14. The Kier molecular flexibility index (Phi) is 9.08. The normalized spacial score (nSPS) is 24.3. The van der Waals surface area contributed by atoms with Crippen molar-refractivity contribution in [1.29, 1.82) is 0 Å². The molecule has 3 saturated heterocycles. The van der Waals surface area contributed by atoms with Crippen LogP contribution in [0.4, 0.5) is 13.2 Å². The number of alkyl halides is 3. The van der Waals surface area contributed by atoms with Gasteiger partial charge in [0.25, 0.3) is 0 Å². The van der Waals surface area contributed by atoms with Crippen LogP contribution in [0.15, 0.2) is 94.4 Å². The second-order valence-corrected chi connectivity index (χ2v) is 13.3. The maximum atomic E-state index is 13.2. The van der Waals surface area contributed by atoms with E-state index in [1.807, 2.05) is 36.4 Å². The number of benzene rings is 3. The third kappa shape index (κ3) is 6.00.